The highest BCUT2D eigenvalue weighted by atomic mass is 28.3. The van der Waals surface area contributed by atoms with Gasteiger partial charge < -0.3 is 4.90 Å². The lowest BCUT2D eigenvalue weighted by Gasteiger charge is -2.35. The van der Waals surface area contributed by atoms with Crippen LogP contribution < -0.4 is 42.0 Å². The molecule has 0 saturated heterocycles. The number of benzene rings is 8. The van der Waals surface area contributed by atoms with Crippen molar-refractivity contribution in [2.24, 2.45) is 0 Å². The summed E-state index contributed by atoms with van der Waals surface area (Å²) in [6.07, 6.45) is 0. The van der Waals surface area contributed by atoms with Crippen molar-refractivity contribution in [3.8, 4) is 0 Å². The highest BCUT2D eigenvalue weighted by Crippen LogP contribution is 2.33. The van der Waals surface area contributed by atoms with E-state index in [-0.39, 0.29) is 6.71 Å². The Kier molecular flexibility index (Phi) is 10.7. The van der Waals surface area contributed by atoms with Crippen LogP contribution in [0.5, 0.6) is 0 Å². The van der Waals surface area contributed by atoms with E-state index in [9.17, 15) is 0 Å². The molecule has 0 heterocycles. The van der Waals surface area contributed by atoms with Crippen LogP contribution in [0.3, 0.4) is 0 Å². The highest BCUT2D eigenvalue weighted by molar-refractivity contribution is 7.20. The molecule has 0 amide bonds. The number of nitrogens with zero attached hydrogens (tertiary/aromatic N) is 1. The Labute approximate surface area is 341 Å². The van der Waals surface area contributed by atoms with Crippen molar-refractivity contribution in [2.45, 2.75) is 41.5 Å². The fourth-order valence-electron chi connectivity index (χ4n) is 9.53. The first-order valence-electron chi connectivity index (χ1n) is 20.1. The minimum absolute atomic E-state index is 0.117. The predicted molar refractivity (Wildman–Crippen MR) is 251 cm³/mol. The Bertz CT molecular complexity index is 2420. The Hall–Kier alpha value is -6.16. The fourth-order valence-corrected chi connectivity index (χ4v) is 14.3. The van der Waals surface area contributed by atoms with E-state index >= 15 is 0 Å². The van der Waals surface area contributed by atoms with Gasteiger partial charge >= 0.3 is 0 Å². The third kappa shape index (κ3) is 7.20. The van der Waals surface area contributed by atoms with E-state index in [2.05, 4.69) is 241 Å². The molecule has 8 aromatic rings. The molecule has 0 radical (unpaired) electrons. The monoisotopic (exact) mass is 751 g/mol. The normalized spacial score (nSPS) is 11.3. The Morgan fingerprint density at radius 3 is 1.00 bits per heavy atom. The summed E-state index contributed by atoms with van der Waals surface area (Å²) < 4.78 is 0. The van der Waals surface area contributed by atoms with Crippen molar-refractivity contribution in [2.75, 3.05) is 4.90 Å². The van der Waals surface area contributed by atoms with E-state index in [0.29, 0.717) is 0 Å². The van der Waals surface area contributed by atoms with Gasteiger partial charge in [0.15, 0.2) is 8.07 Å². The van der Waals surface area contributed by atoms with Crippen LogP contribution in [0.1, 0.15) is 33.4 Å². The van der Waals surface area contributed by atoms with Gasteiger partial charge in [-0.25, -0.2) is 0 Å². The van der Waals surface area contributed by atoms with Crippen LogP contribution in [0, 0.1) is 41.5 Å². The molecule has 0 aliphatic heterocycles. The second-order valence-electron chi connectivity index (χ2n) is 15.7. The Morgan fingerprint density at radius 2 is 0.632 bits per heavy atom. The summed E-state index contributed by atoms with van der Waals surface area (Å²) in [5.74, 6) is 0. The molecule has 0 aliphatic rings. The SMILES string of the molecule is Cc1cc(C)c(B(c2ccc([Si](c3ccccc3)(c3ccccc3)c3ccc(N(c4ccccc4)c4ccccc4)cc3)cc2)c2c(C)cc(C)cc2C)c(C)c1. The zero-order valence-corrected chi connectivity index (χ0v) is 35.0. The molecular weight excluding hydrogens is 701 g/mol. The molecule has 1 nitrogen and oxygen atoms in total. The van der Waals surface area contributed by atoms with E-state index < -0.39 is 8.07 Å². The van der Waals surface area contributed by atoms with E-state index in [1.165, 1.54) is 70.5 Å². The van der Waals surface area contributed by atoms with Gasteiger partial charge in [0.2, 0.25) is 6.71 Å². The molecule has 0 fully saturated rings. The largest absolute Gasteiger partial charge is 0.311 e. The van der Waals surface area contributed by atoms with Crippen molar-refractivity contribution in [1.29, 1.82) is 0 Å². The minimum Gasteiger partial charge on any atom is -0.311 e. The van der Waals surface area contributed by atoms with Gasteiger partial charge in [0, 0.05) is 17.1 Å². The predicted octanol–water partition coefficient (Wildman–Crippen LogP) is 8.90. The molecule has 0 bridgehead atoms. The molecule has 0 atom stereocenters. The van der Waals surface area contributed by atoms with Crippen LogP contribution >= 0.6 is 0 Å². The number of hydrogen-bond donors (Lipinski definition) is 0. The standard InChI is InChI=1S/C54H50BNSi/c1-39-35-41(3)53(42(4)36-39)55(54-43(5)37-40(2)38-44(54)6)45-27-31-51(32-28-45)57(49-23-15-9-16-24-49,50-25-17-10-18-26-50)52-33-29-48(30-34-52)56(46-19-11-7-12-20-46)47-21-13-8-14-22-47/h7-38H,1-6H3. The van der Waals surface area contributed by atoms with Gasteiger partial charge in [-0.3, -0.25) is 0 Å². The van der Waals surface area contributed by atoms with Crippen LogP contribution in [0.2, 0.25) is 0 Å². The van der Waals surface area contributed by atoms with Gasteiger partial charge in [-0.05, 0) is 98.7 Å². The summed E-state index contributed by atoms with van der Waals surface area (Å²) in [6.45, 7) is 13.7. The molecule has 0 spiro atoms. The maximum absolute atomic E-state index is 2.81. The number of aryl methyl sites for hydroxylation is 6. The molecule has 57 heavy (non-hydrogen) atoms. The smallest absolute Gasteiger partial charge is 0.242 e. The van der Waals surface area contributed by atoms with Crippen molar-refractivity contribution in [3.63, 3.8) is 0 Å². The number of rotatable bonds is 10. The third-order valence-corrected chi connectivity index (χ3v) is 16.5. The molecule has 3 heteroatoms. The quantitative estimate of drug-likeness (QED) is 0.0998. The summed E-state index contributed by atoms with van der Waals surface area (Å²) in [5.41, 5.74) is 15.5. The molecule has 278 valence electrons. The van der Waals surface area contributed by atoms with Gasteiger partial charge in [-0.15, -0.1) is 0 Å². The Morgan fingerprint density at radius 1 is 0.333 bits per heavy atom. The lowest BCUT2D eigenvalue weighted by atomic mass is 9.34. The molecule has 8 rings (SSSR count). The van der Waals surface area contributed by atoms with Crippen molar-refractivity contribution < 1.29 is 0 Å². The molecule has 8 aromatic carbocycles. The van der Waals surface area contributed by atoms with Gasteiger partial charge in [0.05, 0.1) is 0 Å². The fraction of sp³-hybridized carbons (Fsp3) is 0.111. The Balaban J connectivity index is 1.33. The molecule has 0 N–H and O–H groups in total. The summed E-state index contributed by atoms with van der Waals surface area (Å²) in [7, 11) is -2.81. The van der Waals surface area contributed by atoms with Crippen LogP contribution in [0.25, 0.3) is 0 Å². The molecular formula is C54H50BNSi. The summed E-state index contributed by atoms with van der Waals surface area (Å²) >= 11 is 0. The van der Waals surface area contributed by atoms with E-state index in [4.69, 9.17) is 0 Å². The zero-order valence-electron chi connectivity index (χ0n) is 34.0. The lowest BCUT2D eigenvalue weighted by Crippen LogP contribution is -2.74. The number of hydrogen-bond acceptors (Lipinski definition) is 1. The van der Waals surface area contributed by atoms with E-state index in [1.807, 2.05) is 0 Å². The summed E-state index contributed by atoms with van der Waals surface area (Å²) in [4.78, 5) is 2.34. The van der Waals surface area contributed by atoms with Crippen LogP contribution in [0.15, 0.2) is 194 Å². The topological polar surface area (TPSA) is 3.24 Å². The third-order valence-electron chi connectivity index (χ3n) is 11.7. The average Bonchev–Trinajstić information content (AvgIpc) is 3.22. The van der Waals surface area contributed by atoms with Crippen LogP contribution in [-0.2, 0) is 0 Å². The first-order valence-corrected chi connectivity index (χ1v) is 22.1. The zero-order chi connectivity index (χ0) is 39.5. The van der Waals surface area contributed by atoms with E-state index in [1.54, 1.807) is 0 Å². The number of para-hydroxylation sites is 2. The summed E-state index contributed by atoms with van der Waals surface area (Å²) in [6, 6.07) is 72.5. The molecule has 0 saturated carbocycles. The maximum Gasteiger partial charge on any atom is 0.242 e. The average molecular weight is 752 g/mol. The first kappa shape index (κ1) is 37.8. The van der Waals surface area contributed by atoms with Crippen molar-refractivity contribution in [3.05, 3.63) is 228 Å². The second-order valence-corrected chi connectivity index (χ2v) is 19.5. The second kappa shape index (κ2) is 16.1. The van der Waals surface area contributed by atoms with E-state index in [0.717, 1.165) is 17.1 Å². The van der Waals surface area contributed by atoms with Gasteiger partial charge in [-0.2, -0.15) is 0 Å². The van der Waals surface area contributed by atoms with Gasteiger partial charge in [0.1, 0.15) is 0 Å². The van der Waals surface area contributed by atoms with Crippen LogP contribution in [0.4, 0.5) is 17.1 Å². The maximum atomic E-state index is 2.46. The van der Waals surface area contributed by atoms with Crippen molar-refractivity contribution >= 4 is 69.0 Å². The van der Waals surface area contributed by atoms with Gasteiger partial charge in [0.25, 0.3) is 0 Å². The van der Waals surface area contributed by atoms with Gasteiger partial charge in [-0.1, -0.05) is 207 Å². The minimum atomic E-state index is -2.81. The lowest BCUT2D eigenvalue weighted by molar-refractivity contribution is 1.28. The van der Waals surface area contributed by atoms with Crippen LogP contribution in [-0.4, -0.2) is 14.8 Å². The molecule has 0 unspecified atom stereocenters. The molecule has 0 aromatic heterocycles. The molecule has 0 aliphatic carbocycles. The number of anilines is 3. The first-order chi connectivity index (χ1) is 27.8. The van der Waals surface area contributed by atoms with Crippen molar-refractivity contribution in [1.82, 2.24) is 0 Å². The highest BCUT2D eigenvalue weighted by Gasteiger charge is 2.42. The summed E-state index contributed by atoms with van der Waals surface area (Å²) in [5, 5.41) is 5.45.